The van der Waals surface area contributed by atoms with Gasteiger partial charge in [0.1, 0.15) is 0 Å². The lowest BCUT2D eigenvalue weighted by molar-refractivity contribution is 0.0409. The fraction of sp³-hybridized carbons (Fsp3) is 0.625. The fourth-order valence-electron chi connectivity index (χ4n) is 5.49. The monoisotopic (exact) mass is 456 g/mol. The van der Waals surface area contributed by atoms with Crippen molar-refractivity contribution in [1.29, 1.82) is 0 Å². The molecule has 2 fully saturated rings. The van der Waals surface area contributed by atoms with Crippen LogP contribution in [0.15, 0.2) is 24.3 Å². The molecule has 9 heteroatoms. The van der Waals surface area contributed by atoms with Crippen molar-refractivity contribution in [2.24, 2.45) is 0 Å². The number of aliphatic hydroxyl groups is 1. The zero-order valence-electron chi connectivity index (χ0n) is 20.0. The van der Waals surface area contributed by atoms with Crippen LogP contribution in [0.1, 0.15) is 56.1 Å². The van der Waals surface area contributed by atoms with Crippen LogP contribution in [-0.4, -0.2) is 88.0 Å². The SMILES string of the molecule is CNC(=O)N(C)CC(O)CN1[C@@H]2CC[C@H]1CC(NC(=O)c1nn(C(C)C)c3ccccc13)C2. The summed E-state index contributed by atoms with van der Waals surface area (Å²) in [5.41, 5.74) is 1.46. The third kappa shape index (κ3) is 4.84. The van der Waals surface area contributed by atoms with E-state index < -0.39 is 6.10 Å². The van der Waals surface area contributed by atoms with Crippen LogP contribution >= 0.6 is 0 Å². The third-order valence-electron chi connectivity index (χ3n) is 7.00. The van der Waals surface area contributed by atoms with Gasteiger partial charge in [0.15, 0.2) is 5.69 Å². The number of amides is 3. The average molecular weight is 457 g/mol. The van der Waals surface area contributed by atoms with E-state index in [1.165, 1.54) is 4.90 Å². The second-order valence-electron chi connectivity index (χ2n) is 9.72. The van der Waals surface area contributed by atoms with Crippen molar-refractivity contribution in [1.82, 2.24) is 30.2 Å². The molecule has 2 bridgehead atoms. The molecule has 1 aromatic carbocycles. The molecule has 2 aliphatic heterocycles. The van der Waals surface area contributed by atoms with Gasteiger partial charge in [-0.3, -0.25) is 14.4 Å². The van der Waals surface area contributed by atoms with E-state index in [1.807, 2.05) is 28.9 Å². The summed E-state index contributed by atoms with van der Waals surface area (Å²) in [7, 11) is 3.27. The molecule has 3 heterocycles. The van der Waals surface area contributed by atoms with Crippen molar-refractivity contribution in [2.45, 2.75) is 69.8 Å². The van der Waals surface area contributed by atoms with Gasteiger partial charge >= 0.3 is 6.03 Å². The minimum absolute atomic E-state index is 0.0971. The zero-order chi connectivity index (χ0) is 23.7. The normalized spacial score (nSPS) is 23.6. The first-order chi connectivity index (χ1) is 15.8. The lowest BCUT2D eigenvalue weighted by Crippen LogP contribution is -2.53. The molecule has 4 rings (SSSR count). The van der Waals surface area contributed by atoms with Crippen LogP contribution in [0, 0.1) is 0 Å². The van der Waals surface area contributed by atoms with E-state index in [2.05, 4.69) is 34.5 Å². The van der Waals surface area contributed by atoms with Gasteiger partial charge in [0.05, 0.1) is 11.6 Å². The summed E-state index contributed by atoms with van der Waals surface area (Å²) >= 11 is 0. The molecule has 180 valence electrons. The summed E-state index contributed by atoms with van der Waals surface area (Å²) in [6.07, 6.45) is 3.26. The Morgan fingerprint density at radius 2 is 1.88 bits per heavy atom. The first kappa shape index (κ1) is 23.5. The van der Waals surface area contributed by atoms with E-state index in [9.17, 15) is 14.7 Å². The highest BCUT2D eigenvalue weighted by Crippen LogP contribution is 2.36. The largest absolute Gasteiger partial charge is 0.390 e. The number of piperidine rings is 1. The van der Waals surface area contributed by atoms with Gasteiger partial charge in [-0.1, -0.05) is 18.2 Å². The highest BCUT2D eigenvalue weighted by molar-refractivity contribution is 6.05. The summed E-state index contributed by atoms with van der Waals surface area (Å²) in [5, 5.41) is 21.9. The number of hydrogen-bond acceptors (Lipinski definition) is 5. The summed E-state index contributed by atoms with van der Waals surface area (Å²) in [6.45, 7) is 4.97. The first-order valence-electron chi connectivity index (χ1n) is 11.9. The van der Waals surface area contributed by atoms with E-state index in [0.29, 0.717) is 30.9 Å². The molecule has 1 aromatic heterocycles. The number of nitrogens with one attached hydrogen (secondary N) is 2. The molecule has 2 aliphatic rings. The Balaban J connectivity index is 1.38. The minimum atomic E-state index is -0.604. The third-order valence-corrected chi connectivity index (χ3v) is 7.00. The molecule has 0 aliphatic carbocycles. The summed E-state index contributed by atoms with van der Waals surface area (Å²) in [4.78, 5) is 28.8. The molecule has 2 saturated heterocycles. The van der Waals surface area contributed by atoms with Crippen LogP contribution in [0.3, 0.4) is 0 Å². The van der Waals surface area contributed by atoms with Crippen LogP contribution in [0.4, 0.5) is 4.79 Å². The topological polar surface area (TPSA) is 103 Å². The Morgan fingerprint density at radius 1 is 1.21 bits per heavy atom. The maximum absolute atomic E-state index is 13.2. The lowest BCUT2D eigenvalue weighted by Gasteiger charge is -2.40. The molecule has 0 spiro atoms. The Kier molecular flexibility index (Phi) is 6.90. The molecule has 0 radical (unpaired) electrons. The van der Waals surface area contributed by atoms with E-state index in [0.717, 1.165) is 36.6 Å². The molecular weight excluding hydrogens is 420 g/mol. The number of benzene rings is 1. The molecule has 2 aromatic rings. The smallest absolute Gasteiger partial charge is 0.316 e. The van der Waals surface area contributed by atoms with Gasteiger partial charge in [0, 0.05) is 56.7 Å². The fourth-order valence-corrected chi connectivity index (χ4v) is 5.49. The van der Waals surface area contributed by atoms with Crippen molar-refractivity contribution in [3.63, 3.8) is 0 Å². The molecule has 0 saturated carbocycles. The van der Waals surface area contributed by atoms with E-state index in [1.54, 1.807) is 14.1 Å². The van der Waals surface area contributed by atoms with Gasteiger partial charge in [-0.05, 0) is 45.6 Å². The van der Waals surface area contributed by atoms with Crippen molar-refractivity contribution in [2.75, 3.05) is 27.2 Å². The van der Waals surface area contributed by atoms with Gasteiger partial charge in [0.25, 0.3) is 5.91 Å². The van der Waals surface area contributed by atoms with Crippen molar-refractivity contribution in [3.8, 4) is 0 Å². The Morgan fingerprint density at radius 3 is 2.52 bits per heavy atom. The lowest BCUT2D eigenvalue weighted by atomic mass is 9.96. The Labute approximate surface area is 195 Å². The van der Waals surface area contributed by atoms with Crippen molar-refractivity contribution >= 4 is 22.8 Å². The standard InChI is InChI=1S/C24H36N6O3/c1-15(2)30-21-8-6-5-7-20(21)22(27-30)23(32)26-16-11-17-9-10-18(12-16)29(17)14-19(31)13-28(4)24(33)25-3/h5-8,15-19,31H,9-14H2,1-4H3,(H,25,33)(H,26,32)/t16?,17-,18+,19?. The number of aliphatic hydroxyl groups excluding tert-OH is 1. The maximum atomic E-state index is 13.2. The van der Waals surface area contributed by atoms with Crippen LogP contribution in [0.25, 0.3) is 10.9 Å². The van der Waals surface area contributed by atoms with Crippen molar-refractivity contribution in [3.05, 3.63) is 30.0 Å². The van der Waals surface area contributed by atoms with Crippen LogP contribution in [0.5, 0.6) is 0 Å². The molecule has 2 unspecified atom stereocenters. The second kappa shape index (κ2) is 9.69. The van der Waals surface area contributed by atoms with Crippen molar-refractivity contribution < 1.29 is 14.7 Å². The maximum Gasteiger partial charge on any atom is 0.316 e. The van der Waals surface area contributed by atoms with Crippen LogP contribution < -0.4 is 10.6 Å². The van der Waals surface area contributed by atoms with Gasteiger partial charge < -0.3 is 20.6 Å². The zero-order valence-corrected chi connectivity index (χ0v) is 20.0. The Hall–Kier alpha value is -2.65. The van der Waals surface area contributed by atoms with E-state index in [-0.39, 0.29) is 24.0 Å². The number of carbonyl (C=O) groups excluding carboxylic acids is 2. The van der Waals surface area contributed by atoms with Crippen LogP contribution in [-0.2, 0) is 0 Å². The second-order valence-corrected chi connectivity index (χ2v) is 9.72. The molecule has 3 N–H and O–H groups in total. The number of nitrogens with zero attached hydrogens (tertiary/aromatic N) is 4. The van der Waals surface area contributed by atoms with Gasteiger partial charge in [-0.15, -0.1) is 0 Å². The molecule has 9 nitrogen and oxygen atoms in total. The summed E-state index contributed by atoms with van der Waals surface area (Å²) in [6, 6.07) is 8.60. The Bertz CT molecular complexity index is 991. The van der Waals surface area contributed by atoms with Gasteiger partial charge in [-0.2, -0.15) is 5.10 Å². The van der Waals surface area contributed by atoms with Gasteiger partial charge in [0.2, 0.25) is 0 Å². The summed E-state index contributed by atoms with van der Waals surface area (Å²) < 4.78 is 1.91. The number of fused-ring (bicyclic) bond motifs is 3. The number of para-hydroxylation sites is 1. The summed E-state index contributed by atoms with van der Waals surface area (Å²) in [5.74, 6) is -0.115. The number of rotatable bonds is 7. The number of aromatic nitrogens is 2. The quantitative estimate of drug-likeness (QED) is 0.591. The molecule has 3 amide bonds. The predicted octanol–water partition coefficient (Wildman–Crippen LogP) is 1.97. The van der Waals surface area contributed by atoms with Gasteiger partial charge in [-0.25, -0.2) is 4.79 Å². The molecular formula is C24H36N6O3. The first-order valence-corrected chi connectivity index (χ1v) is 11.9. The predicted molar refractivity (Wildman–Crippen MR) is 127 cm³/mol. The van der Waals surface area contributed by atoms with E-state index >= 15 is 0 Å². The average Bonchev–Trinajstić information content (AvgIpc) is 3.27. The van der Waals surface area contributed by atoms with E-state index in [4.69, 9.17) is 0 Å². The minimum Gasteiger partial charge on any atom is -0.390 e. The van der Waals surface area contributed by atoms with Crippen LogP contribution in [0.2, 0.25) is 0 Å². The molecule has 4 atom stereocenters. The highest BCUT2D eigenvalue weighted by Gasteiger charge is 2.42. The highest BCUT2D eigenvalue weighted by atomic mass is 16.3. The number of urea groups is 1. The number of hydrogen-bond donors (Lipinski definition) is 3. The number of likely N-dealkylation sites (N-methyl/N-ethyl adjacent to an activating group) is 1. The number of carbonyl (C=O) groups is 2. The molecule has 33 heavy (non-hydrogen) atoms.